The Balaban J connectivity index is 2.41. The van der Waals surface area contributed by atoms with Gasteiger partial charge in [0.2, 0.25) is 0 Å². The smallest absolute Gasteiger partial charge is 0.188 e. The van der Waals surface area contributed by atoms with Crippen molar-refractivity contribution in [2.75, 3.05) is 24.7 Å². The predicted molar refractivity (Wildman–Crippen MR) is 137 cm³/mol. The Kier molecular flexibility index (Phi) is 9.05. The van der Waals surface area contributed by atoms with E-state index in [1.807, 2.05) is 45.0 Å². The molecule has 3 N–H and O–H groups in total. The van der Waals surface area contributed by atoms with E-state index in [4.69, 9.17) is 0 Å². The molecule has 0 aliphatic heterocycles. The van der Waals surface area contributed by atoms with Gasteiger partial charge in [-0.3, -0.25) is 0 Å². The topological polar surface area (TPSA) is 73.3 Å². The van der Waals surface area contributed by atoms with Crippen LogP contribution in [-0.2, 0) is 0 Å². The van der Waals surface area contributed by atoms with Crippen LogP contribution in [0, 0.1) is 11.2 Å². The standard InChI is InChI=1S/C25H36FN5OS/c1-9-12-20(21(32)19(10-2)16(3)31(7)8)27-23-24(30-33-29-23)28-22(25(4,5)6)17-13-11-14-18(26)15-17/h11-15,22,32H,3,9-10H2,1-2,4-8H3,(H,27,29)(H,28,30)/b20-12+,21-19-. The number of allylic oxidation sites excluding steroid dienone is 2. The first-order valence-corrected chi connectivity index (χ1v) is 11.8. The van der Waals surface area contributed by atoms with Gasteiger partial charge in [0.1, 0.15) is 11.6 Å². The molecule has 8 heteroatoms. The van der Waals surface area contributed by atoms with Crippen LogP contribution in [0.1, 0.15) is 59.1 Å². The van der Waals surface area contributed by atoms with E-state index in [1.165, 1.54) is 12.1 Å². The maximum absolute atomic E-state index is 13.9. The van der Waals surface area contributed by atoms with Crippen LogP contribution in [0.5, 0.6) is 0 Å². The largest absolute Gasteiger partial charge is 0.505 e. The van der Waals surface area contributed by atoms with Crippen molar-refractivity contribution in [1.82, 2.24) is 13.6 Å². The molecule has 1 atom stereocenters. The fourth-order valence-electron chi connectivity index (χ4n) is 3.47. The highest BCUT2D eigenvalue weighted by Crippen LogP contribution is 2.38. The highest BCUT2D eigenvalue weighted by atomic mass is 32.1. The van der Waals surface area contributed by atoms with Crippen LogP contribution < -0.4 is 10.6 Å². The Hall–Kier alpha value is -2.87. The molecule has 0 fully saturated rings. The van der Waals surface area contributed by atoms with Crippen LogP contribution in [0.2, 0.25) is 0 Å². The molecule has 0 bridgehead atoms. The molecule has 6 nitrogen and oxygen atoms in total. The zero-order valence-corrected chi connectivity index (χ0v) is 21.5. The number of benzene rings is 1. The Morgan fingerprint density at radius 3 is 2.45 bits per heavy atom. The van der Waals surface area contributed by atoms with E-state index >= 15 is 0 Å². The molecule has 0 aliphatic carbocycles. The molecule has 180 valence electrons. The average Bonchev–Trinajstić information content (AvgIpc) is 3.17. The van der Waals surface area contributed by atoms with E-state index in [-0.39, 0.29) is 23.0 Å². The molecular formula is C25H36FN5OS. The van der Waals surface area contributed by atoms with Crippen molar-refractivity contribution in [2.45, 2.75) is 53.5 Å². The van der Waals surface area contributed by atoms with Crippen molar-refractivity contribution in [3.05, 3.63) is 71.0 Å². The van der Waals surface area contributed by atoms with Gasteiger partial charge in [0.25, 0.3) is 0 Å². The van der Waals surface area contributed by atoms with Gasteiger partial charge < -0.3 is 20.6 Å². The number of aromatic nitrogens is 2. The highest BCUT2D eigenvalue weighted by Gasteiger charge is 2.28. The van der Waals surface area contributed by atoms with Gasteiger partial charge >= 0.3 is 0 Å². The van der Waals surface area contributed by atoms with E-state index in [0.717, 1.165) is 28.6 Å². The maximum Gasteiger partial charge on any atom is 0.188 e. The molecule has 0 spiro atoms. The second-order valence-electron chi connectivity index (χ2n) is 9.13. The van der Waals surface area contributed by atoms with Gasteiger partial charge in [0, 0.05) is 25.4 Å². The number of anilines is 2. The van der Waals surface area contributed by atoms with E-state index in [0.29, 0.717) is 30.2 Å². The van der Waals surface area contributed by atoms with Gasteiger partial charge in [-0.25, -0.2) is 4.39 Å². The summed E-state index contributed by atoms with van der Waals surface area (Å²) in [4.78, 5) is 1.88. The molecule has 1 heterocycles. The lowest BCUT2D eigenvalue weighted by Gasteiger charge is -2.32. The number of nitrogens with zero attached hydrogens (tertiary/aromatic N) is 3. The zero-order valence-electron chi connectivity index (χ0n) is 20.7. The molecule has 1 aromatic carbocycles. The van der Waals surface area contributed by atoms with Crippen molar-refractivity contribution in [3.63, 3.8) is 0 Å². The molecular weight excluding hydrogens is 437 g/mol. The number of nitrogens with one attached hydrogen (secondary N) is 2. The third kappa shape index (κ3) is 6.81. The maximum atomic E-state index is 13.9. The third-order valence-electron chi connectivity index (χ3n) is 5.26. The Morgan fingerprint density at radius 1 is 1.24 bits per heavy atom. The van der Waals surface area contributed by atoms with Gasteiger partial charge in [-0.15, -0.1) is 0 Å². The third-order valence-corrected chi connectivity index (χ3v) is 5.79. The molecule has 0 radical (unpaired) electrons. The zero-order chi connectivity index (χ0) is 24.8. The number of aliphatic hydroxyl groups is 1. The SMILES string of the molecule is C=C(/C(CC)=C(O)/C(=C\CC)Nc1nsnc1NC(c1cccc(F)c1)C(C)(C)C)N(C)C. The highest BCUT2D eigenvalue weighted by molar-refractivity contribution is 6.99. The summed E-state index contributed by atoms with van der Waals surface area (Å²) < 4.78 is 22.8. The minimum absolute atomic E-state index is 0.134. The quantitative estimate of drug-likeness (QED) is 0.258. The number of rotatable bonds is 10. The van der Waals surface area contributed by atoms with Gasteiger partial charge in [0.05, 0.1) is 23.5 Å². The summed E-state index contributed by atoms with van der Waals surface area (Å²) in [6, 6.07) is 6.37. The summed E-state index contributed by atoms with van der Waals surface area (Å²) in [6.45, 7) is 14.3. The monoisotopic (exact) mass is 473 g/mol. The van der Waals surface area contributed by atoms with Crippen LogP contribution in [0.3, 0.4) is 0 Å². The molecule has 0 saturated heterocycles. The number of hydrogen-bond acceptors (Lipinski definition) is 7. The number of hydrogen-bond donors (Lipinski definition) is 3. The van der Waals surface area contributed by atoms with Crippen molar-refractivity contribution < 1.29 is 9.50 Å². The lowest BCUT2D eigenvalue weighted by molar-refractivity contribution is 0.346. The molecule has 0 amide bonds. The lowest BCUT2D eigenvalue weighted by atomic mass is 9.82. The summed E-state index contributed by atoms with van der Waals surface area (Å²) >= 11 is 1.06. The fourth-order valence-corrected chi connectivity index (χ4v) is 3.94. The summed E-state index contributed by atoms with van der Waals surface area (Å²) in [6.07, 6.45) is 3.24. The van der Waals surface area contributed by atoms with Crippen LogP contribution in [0.25, 0.3) is 0 Å². The number of likely N-dealkylation sites (N-methyl/N-ethyl adjacent to an activating group) is 1. The van der Waals surface area contributed by atoms with E-state index in [1.54, 1.807) is 6.07 Å². The van der Waals surface area contributed by atoms with Crippen LogP contribution >= 0.6 is 11.7 Å². The first-order chi connectivity index (χ1) is 15.5. The fraction of sp³-hybridized carbons (Fsp3) is 0.440. The molecule has 2 rings (SSSR count). The van der Waals surface area contributed by atoms with Crippen molar-refractivity contribution in [2.24, 2.45) is 5.41 Å². The van der Waals surface area contributed by atoms with Crippen molar-refractivity contribution in [1.29, 1.82) is 0 Å². The molecule has 33 heavy (non-hydrogen) atoms. The summed E-state index contributed by atoms with van der Waals surface area (Å²) in [5.74, 6) is 0.899. The minimum Gasteiger partial charge on any atom is -0.505 e. The van der Waals surface area contributed by atoms with Crippen molar-refractivity contribution >= 4 is 23.4 Å². The second kappa shape index (κ2) is 11.3. The minimum atomic E-state index is -0.283. The van der Waals surface area contributed by atoms with Crippen LogP contribution in [0.15, 0.2) is 59.6 Å². The molecule has 1 aromatic heterocycles. The normalized spacial score (nSPS) is 13.9. The summed E-state index contributed by atoms with van der Waals surface area (Å²) in [7, 11) is 3.79. The lowest BCUT2D eigenvalue weighted by Crippen LogP contribution is -2.26. The predicted octanol–water partition coefficient (Wildman–Crippen LogP) is 6.88. The molecule has 0 aliphatic rings. The van der Waals surface area contributed by atoms with Crippen molar-refractivity contribution in [3.8, 4) is 0 Å². The van der Waals surface area contributed by atoms with Gasteiger partial charge in [-0.2, -0.15) is 8.75 Å². The first kappa shape index (κ1) is 26.4. The number of halogens is 1. The van der Waals surface area contributed by atoms with E-state index in [2.05, 4.69) is 46.7 Å². The first-order valence-electron chi connectivity index (χ1n) is 11.1. The summed E-state index contributed by atoms with van der Waals surface area (Å²) in [5, 5.41) is 17.8. The van der Waals surface area contributed by atoms with Gasteiger partial charge in [-0.05, 0) is 36.0 Å². The van der Waals surface area contributed by atoms with Crippen LogP contribution in [-0.4, -0.2) is 32.8 Å². The van der Waals surface area contributed by atoms with Gasteiger partial charge in [0.15, 0.2) is 11.6 Å². The van der Waals surface area contributed by atoms with Gasteiger partial charge in [-0.1, -0.05) is 59.4 Å². The van der Waals surface area contributed by atoms with Crippen LogP contribution in [0.4, 0.5) is 16.0 Å². The summed E-state index contributed by atoms with van der Waals surface area (Å²) in [5.41, 5.74) is 2.64. The number of aliphatic hydroxyl groups excluding tert-OH is 1. The molecule has 2 aromatic rings. The van der Waals surface area contributed by atoms with E-state index < -0.39 is 0 Å². The van der Waals surface area contributed by atoms with E-state index in [9.17, 15) is 9.50 Å². The Bertz CT molecular complexity index is 1020. The Morgan fingerprint density at radius 2 is 1.91 bits per heavy atom. The average molecular weight is 474 g/mol. The molecule has 1 unspecified atom stereocenters. The Labute approximate surface area is 201 Å². The second-order valence-corrected chi connectivity index (χ2v) is 9.66. The molecule has 0 saturated carbocycles.